The molecule has 1 aliphatic heterocycles. The van der Waals surface area contributed by atoms with Gasteiger partial charge in [0.2, 0.25) is 11.8 Å². The number of primary amides is 1. The molecule has 1 aromatic heterocycles. The van der Waals surface area contributed by atoms with Gasteiger partial charge in [-0.2, -0.15) is 0 Å². The zero-order valence-electron chi connectivity index (χ0n) is 21.6. The number of anilines is 1. The number of likely N-dealkylation sites (tertiary alicyclic amines) is 1. The fourth-order valence-electron chi connectivity index (χ4n) is 5.43. The third-order valence-electron chi connectivity index (χ3n) is 7.40. The fourth-order valence-corrected chi connectivity index (χ4v) is 5.43. The van der Waals surface area contributed by atoms with Crippen molar-refractivity contribution in [2.45, 2.75) is 51.7 Å². The number of carbonyl (C=O) groups is 2. The van der Waals surface area contributed by atoms with E-state index in [-0.39, 0.29) is 24.1 Å². The molecule has 5 N–H and O–H groups in total. The van der Waals surface area contributed by atoms with Crippen LogP contribution in [0, 0.1) is 24.0 Å². The summed E-state index contributed by atoms with van der Waals surface area (Å²) in [6, 6.07) is 14.7. The minimum Gasteiger partial charge on any atom is -0.384 e. The first-order valence-corrected chi connectivity index (χ1v) is 12.6. The second-order valence-electron chi connectivity index (χ2n) is 10.3. The quantitative estimate of drug-likeness (QED) is 0.400. The van der Waals surface area contributed by atoms with Crippen LogP contribution in [0.15, 0.2) is 60.7 Å². The van der Waals surface area contributed by atoms with E-state index in [1.54, 1.807) is 37.3 Å². The molecule has 1 unspecified atom stereocenters. The van der Waals surface area contributed by atoms with Crippen molar-refractivity contribution >= 4 is 17.6 Å². The van der Waals surface area contributed by atoms with E-state index in [1.807, 2.05) is 17.9 Å². The van der Waals surface area contributed by atoms with Gasteiger partial charge in [0, 0.05) is 18.8 Å². The molecule has 2 heterocycles. The summed E-state index contributed by atoms with van der Waals surface area (Å²) in [7, 11) is 0. The minimum absolute atomic E-state index is 0.244. The predicted molar refractivity (Wildman–Crippen MR) is 142 cm³/mol. The average molecular weight is 522 g/mol. The number of aromatic nitrogens is 1. The number of nitrogen functional groups attached to an aromatic ring is 1. The summed E-state index contributed by atoms with van der Waals surface area (Å²) in [6.07, 6.45) is 1.49. The Kier molecular flexibility index (Phi) is 8.06. The molecule has 0 bridgehead atoms. The SMILES string of the molecule is Cc1nc(N)ccc1CNC(=O)[C@H](C)N1CC(Cc2ccc(F)cc2)(Cc2ccc(F)cc2)CC1C(N)=O. The number of pyridine rings is 1. The highest BCUT2D eigenvalue weighted by atomic mass is 19.1. The van der Waals surface area contributed by atoms with E-state index in [9.17, 15) is 18.4 Å². The van der Waals surface area contributed by atoms with Gasteiger partial charge >= 0.3 is 0 Å². The van der Waals surface area contributed by atoms with Gasteiger partial charge in [-0.3, -0.25) is 14.5 Å². The second kappa shape index (κ2) is 11.3. The summed E-state index contributed by atoms with van der Waals surface area (Å²) in [5, 5.41) is 2.94. The number of rotatable bonds is 9. The molecule has 1 saturated heterocycles. The van der Waals surface area contributed by atoms with E-state index in [0.717, 1.165) is 22.4 Å². The van der Waals surface area contributed by atoms with E-state index in [2.05, 4.69) is 10.3 Å². The maximum atomic E-state index is 13.6. The molecule has 200 valence electrons. The van der Waals surface area contributed by atoms with Gasteiger partial charge in [-0.15, -0.1) is 0 Å². The lowest BCUT2D eigenvalue weighted by molar-refractivity contribution is -0.129. The van der Waals surface area contributed by atoms with E-state index in [0.29, 0.717) is 31.6 Å². The van der Waals surface area contributed by atoms with Gasteiger partial charge in [-0.05, 0) is 85.5 Å². The molecule has 0 saturated carbocycles. The molecule has 4 rings (SSSR count). The zero-order chi connectivity index (χ0) is 27.4. The normalized spacial score (nSPS) is 17.7. The summed E-state index contributed by atoms with van der Waals surface area (Å²) < 4.78 is 27.2. The molecule has 9 heteroatoms. The molecule has 3 aromatic rings. The Labute approximate surface area is 221 Å². The Hall–Kier alpha value is -3.85. The number of hydrogen-bond acceptors (Lipinski definition) is 5. The Morgan fingerprint density at radius 3 is 2.08 bits per heavy atom. The van der Waals surface area contributed by atoms with Gasteiger partial charge in [0.1, 0.15) is 17.5 Å². The highest BCUT2D eigenvalue weighted by Crippen LogP contribution is 2.42. The Bertz CT molecular complexity index is 1250. The van der Waals surface area contributed by atoms with Crippen LogP contribution in [0.4, 0.5) is 14.6 Å². The van der Waals surface area contributed by atoms with Crippen LogP contribution in [-0.2, 0) is 29.0 Å². The first-order chi connectivity index (χ1) is 18.0. The van der Waals surface area contributed by atoms with E-state index < -0.39 is 23.4 Å². The van der Waals surface area contributed by atoms with Crippen molar-refractivity contribution in [2.24, 2.45) is 11.1 Å². The summed E-state index contributed by atoms with van der Waals surface area (Å²) in [4.78, 5) is 31.9. The molecule has 0 aliphatic carbocycles. The lowest BCUT2D eigenvalue weighted by Crippen LogP contribution is -2.51. The molecular weight excluding hydrogens is 488 g/mol. The van der Waals surface area contributed by atoms with Crippen molar-refractivity contribution in [3.8, 4) is 0 Å². The number of benzene rings is 2. The molecular formula is C29H33F2N5O2. The van der Waals surface area contributed by atoms with Crippen LogP contribution in [0.1, 0.15) is 35.7 Å². The molecule has 0 radical (unpaired) electrons. The van der Waals surface area contributed by atoms with Gasteiger partial charge in [0.25, 0.3) is 0 Å². The summed E-state index contributed by atoms with van der Waals surface area (Å²) >= 11 is 0. The molecule has 38 heavy (non-hydrogen) atoms. The largest absolute Gasteiger partial charge is 0.384 e. The van der Waals surface area contributed by atoms with Gasteiger partial charge in [-0.25, -0.2) is 13.8 Å². The van der Waals surface area contributed by atoms with Crippen molar-refractivity contribution in [3.63, 3.8) is 0 Å². The number of nitrogens with one attached hydrogen (secondary N) is 1. The monoisotopic (exact) mass is 521 g/mol. The molecule has 2 aromatic carbocycles. The number of halogens is 2. The van der Waals surface area contributed by atoms with Gasteiger partial charge < -0.3 is 16.8 Å². The van der Waals surface area contributed by atoms with Crippen molar-refractivity contribution in [3.05, 3.63) is 94.7 Å². The highest BCUT2D eigenvalue weighted by Gasteiger charge is 2.48. The number of nitrogens with two attached hydrogens (primary N) is 2. The lowest BCUT2D eigenvalue weighted by atomic mass is 9.75. The molecule has 0 spiro atoms. The Morgan fingerprint density at radius 2 is 1.58 bits per heavy atom. The molecule has 7 nitrogen and oxygen atoms in total. The smallest absolute Gasteiger partial charge is 0.237 e. The van der Waals surface area contributed by atoms with Gasteiger partial charge in [0.15, 0.2) is 0 Å². The Morgan fingerprint density at radius 1 is 1.03 bits per heavy atom. The average Bonchev–Trinajstić information content (AvgIpc) is 3.25. The first kappa shape index (κ1) is 27.2. The zero-order valence-corrected chi connectivity index (χ0v) is 21.6. The van der Waals surface area contributed by atoms with Crippen LogP contribution in [0.25, 0.3) is 0 Å². The number of hydrogen-bond donors (Lipinski definition) is 3. The van der Waals surface area contributed by atoms with Crippen molar-refractivity contribution < 1.29 is 18.4 Å². The third-order valence-corrected chi connectivity index (χ3v) is 7.40. The number of nitrogens with zero attached hydrogens (tertiary/aromatic N) is 2. The van der Waals surface area contributed by atoms with E-state index in [1.165, 1.54) is 24.3 Å². The van der Waals surface area contributed by atoms with E-state index >= 15 is 0 Å². The maximum absolute atomic E-state index is 13.6. The molecule has 2 atom stereocenters. The van der Waals surface area contributed by atoms with Gasteiger partial charge in [-0.1, -0.05) is 30.3 Å². The molecule has 2 amide bonds. The van der Waals surface area contributed by atoms with Crippen molar-refractivity contribution in [2.75, 3.05) is 12.3 Å². The minimum atomic E-state index is -0.670. The standard InChI is InChI=1S/C29H33F2N5O2/c1-18-22(7-12-26(32)35-18)16-34-28(38)19(2)36-17-29(15-25(36)27(33)37,13-20-3-8-23(30)9-4-20)14-21-5-10-24(31)11-6-21/h3-12,19,25H,13-17H2,1-2H3,(H2,32,35)(H2,33,37)(H,34,38)/t19-,25?/m0/s1. The highest BCUT2D eigenvalue weighted by molar-refractivity contribution is 5.84. The van der Waals surface area contributed by atoms with Crippen LogP contribution in [0.3, 0.4) is 0 Å². The second-order valence-corrected chi connectivity index (χ2v) is 10.3. The van der Waals surface area contributed by atoms with Crippen LogP contribution in [0.2, 0.25) is 0 Å². The predicted octanol–water partition coefficient (Wildman–Crippen LogP) is 3.29. The van der Waals surface area contributed by atoms with Crippen LogP contribution in [0.5, 0.6) is 0 Å². The Balaban J connectivity index is 1.58. The fraction of sp³-hybridized carbons (Fsp3) is 0.345. The molecule has 1 fully saturated rings. The summed E-state index contributed by atoms with van der Waals surface area (Å²) in [5.74, 6) is -1.01. The maximum Gasteiger partial charge on any atom is 0.237 e. The van der Waals surface area contributed by atoms with Gasteiger partial charge in [0.05, 0.1) is 12.1 Å². The van der Waals surface area contributed by atoms with Crippen LogP contribution < -0.4 is 16.8 Å². The topological polar surface area (TPSA) is 114 Å². The van der Waals surface area contributed by atoms with Crippen LogP contribution >= 0.6 is 0 Å². The summed E-state index contributed by atoms with van der Waals surface area (Å²) in [5.41, 5.74) is 14.5. The lowest BCUT2D eigenvalue weighted by Gasteiger charge is -2.32. The number of aryl methyl sites for hydroxylation is 1. The van der Waals surface area contributed by atoms with Crippen molar-refractivity contribution in [1.82, 2.24) is 15.2 Å². The summed E-state index contributed by atoms with van der Waals surface area (Å²) in [6.45, 7) is 4.26. The number of carbonyl (C=O) groups excluding carboxylic acids is 2. The van der Waals surface area contributed by atoms with Crippen LogP contribution in [-0.4, -0.2) is 40.3 Å². The molecule has 1 aliphatic rings. The third kappa shape index (κ3) is 6.34. The van der Waals surface area contributed by atoms with Crippen molar-refractivity contribution in [1.29, 1.82) is 0 Å². The first-order valence-electron chi connectivity index (χ1n) is 12.6. The number of amides is 2. The van der Waals surface area contributed by atoms with E-state index in [4.69, 9.17) is 11.5 Å².